The zero-order chi connectivity index (χ0) is 21.3. The molecule has 1 saturated heterocycles. The minimum absolute atomic E-state index is 0.188. The van der Waals surface area contributed by atoms with Gasteiger partial charge in [-0.2, -0.15) is 9.40 Å². The molecule has 1 aromatic heterocycles. The topological polar surface area (TPSA) is 75.5 Å². The number of amides is 1. The van der Waals surface area contributed by atoms with Gasteiger partial charge < -0.3 is 4.90 Å². The number of rotatable bonds is 4. The predicted molar refractivity (Wildman–Crippen MR) is 109 cm³/mol. The predicted octanol–water partition coefficient (Wildman–Crippen LogP) is 2.47. The van der Waals surface area contributed by atoms with Crippen LogP contribution < -0.4 is 0 Å². The van der Waals surface area contributed by atoms with Crippen LogP contribution >= 0.6 is 0 Å². The van der Waals surface area contributed by atoms with Gasteiger partial charge in [0, 0.05) is 32.4 Å². The summed E-state index contributed by atoms with van der Waals surface area (Å²) < 4.78 is 42.3. The molecule has 0 atom stereocenters. The third kappa shape index (κ3) is 3.86. The first kappa shape index (κ1) is 20.2. The number of aromatic nitrogens is 2. The van der Waals surface area contributed by atoms with Gasteiger partial charge in [0.15, 0.2) is 5.69 Å². The number of benzene rings is 2. The van der Waals surface area contributed by atoms with E-state index in [0.717, 1.165) is 5.56 Å². The van der Waals surface area contributed by atoms with Crippen LogP contribution in [-0.2, 0) is 10.0 Å². The summed E-state index contributed by atoms with van der Waals surface area (Å²) in [5.41, 5.74) is 1.43. The van der Waals surface area contributed by atoms with E-state index >= 15 is 0 Å². The van der Waals surface area contributed by atoms with E-state index in [1.807, 2.05) is 6.92 Å². The summed E-state index contributed by atoms with van der Waals surface area (Å²) in [5.74, 6) is -0.744. The van der Waals surface area contributed by atoms with Crippen molar-refractivity contribution in [2.75, 3.05) is 26.2 Å². The summed E-state index contributed by atoms with van der Waals surface area (Å²) in [4.78, 5) is 14.6. The number of hydrogen-bond acceptors (Lipinski definition) is 4. The Bertz CT molecular complexity index is 1170. The SMILES string of the molecule is Cc1ccc(S(=O)(=O)N2CCN(C(=O)c3ccn(-c4ccccc4F)n3)CC2)cc1. The number of carbonyl (C=O) groups is 1. The van der Waals surface area contributed by atoms with Crippen molar-refractivity contribution in [2.45, 2.75) is 11.8 Å². The lowest BCUT2D eigenvalue weighted by Gasteiger charge is -2.33. The van der Waals surface area contributed by atoms with Crippen LogP contribution in [-0.4, -0.2) is 59.5 Å². The molecule has 30 heavy (non-hydrogen) atoms. The minimum atomic E-state index is -3.60. The van der Waals surface area contributed by atoms with E-state index in [-0.39, 0.29) is 48.4 Å². The molecule has 0 spiro atoms. The van der Waals surface area contributed by atoms with Gasteiger partial charge in [-0.05, 0) is 37.3 Å². The summed E-state index contributed by atoms with van der Waals surface area (Å²) >= 11 is 0. The van der Waals surface area contributed by atoms with E-state index in [2.05, 4.69) is 5.10 Å². The number of nitrogens with zero attached hydrogens (tertiary/aromatic N) is 4. The summed E-state index contributed by atoms with van der Waals surface area (Å²) in [6.45, 7) is 2.83. The standard InChI is InChI=1S/C21H21FN4O3S/c1-16-6-8-17(9-7-16)30(28,29)25-14-12-24(13-15-25)21(27)19-10-11-26(23-19)20-5-3-2-4-18(20)22/h2-11H,12-15H2,1H3. The average Bonchev–Trinajstić information content (AvgIpc) is 3.24. The Labute approximate surface area is 174 Å². The van der Waals surface area contributed by atoms with Gasteiger partial charge in [0.25, 0.3) is 5.91 Å². The number of sulfonamides is 1. The molecule has 156 valence electrons. The van der Waals surface area contributed by atoms with Crippen LogP contribution in [0.1, 0.15) is 16.1 Å². The molecule has 0 aliphatic carbocycles. The van der Waals surface area contributed by atoms with Crippen LogP contribution in [0.4, 0.5) is 4.39 Å². The van der Waals surface area contributed by atoms with Crippen LogP contribution in [0, 0.1) is 12.7 Å². The number of para-hydroxylation sites is 1. The van der Waals surface area contributed by atoms with Gasteiger partial charge in [-0.3, -0.25) is 4.79 Å². The van der Waals surface area contributed by atoms with Gasteiger partial charge in [-0.1, -0.05) is 29.8 Å². The molecular weight excluding hydrogens is 407 g/mol. The van der Waals surface area contributed by atoms with Crippen molar-refractivity contribution in [1.82, 2.24) is 19.0 Å². The number of aryl methyl sites for hydroxylation is 1. The normalized spacial score (nSPS) is 15.3. The van der Waals surface area contributed by atoms with Gasteiger partial charge in [0.05, 0.1) is 4.90 Å². The van der Waals surface area contributed by atoms with Crippen LogP contribution in [0.2, 0.25) is 0 Å². The second kappa shape index (κ2) is 8.00. The average molecular weight is 428 g/mol. The van der Waals surface area contributed by atoms with Gasteiger partial charge in [-0.15, -0.1) is 0 Å². The van der Waals surface area contributed by atoms with Crippen LogP contribution in [0.3, 0.4) is 0 Å². The molecule has 0 N–H and O–H groups in total. The summed E-state index contributed by atoms with van der Waals surface area (Å²) in [5, 5.41) is 4.19. The maximum absolute atomic E-state index is 13.9. The Kier molecular flexibility index (Phi) is 5.40. The largest absolute Gasteiger partial charge is 0.335 e. The molecule has 2 heterocycles. The molecule has 7 nitrogen and oxygen atoms in total. The van der Waals surface area contributed by atoms with E-state index in [1.54, 1.807) is 47.4 Å². The Morgan fingerprint density at radius 3 is 2.30 bits per heavy atom. The van der Waals surface area contributed by atoms with Crippen molar-refractivity contribution in [3.8, 4) is 5.69 Å². The van der Waals surface area contributed by atoms with Crippen molar-refractivity contribution in [3.63, 3.8) is 0 Å². The number of hydrogen-bond donors (Lipinski definition) is 0. The Morgan fingerprint density at radius 2 is 1.63 bits per heavy atom. The van der Waals surface area contributed by atoms with Crippen molar-refractivity contribution in [1.29, 1.82) is 0 Å². The summed E-state index contributed by atoms with van der Waals surface area (Å²) in [7, 11) is -3.60. The minimum Gasteiger partial charge on any atom is -0.335 e. The van der Waals surface area contributed by atoms with Gasteiger partial charge in [0.1, 0.15) is 11.5 Å². The van der Waals surface area contributed by atoms with E-state index in [9.17, 15) is 17.6 Å². The highest BCUT2D eigenvalue weighted by Crippen LogP contribution is 2.19. The third-order valence-corrected chi connectivity index (χ3v) is 7.00. The highest BCUT2D eigenvalue weighted by molar-refractivity contribution is 7.89. The Hall–Kier alpha value is -3.04. The summed E-state index contributed by atoms with van der Waals surface area (Å²) in [6.07, 6.45) is 1.53. The third-order valence-electron chi connectivity index (χ3n) is 5.09. The fourth-order valence-corrected chi connectivity index (χ4v) is 4.78. The molecule has 4 rings (SSSR count). The van der Waals surface area contributed by atoms with Crippen LogP contribution in [0.25, 0.3) is 5.69 Å². The van der Waals surface area contributed by atoms with Crippen molar-refractivity contribution in [3.05, 3.63) is 77.9 Å². The fraction of sp³-hybridized carbons (Fsp3) is 0.238. The molecule has 1 fully saturated rings. The van der Waals surface area contributed by atoms with Crippen molar-refractivity contribution in [2.24, 2.45) is 0 Å². The first-order valence-corrected chi connectivity index (χ1v) is 11.0. The van der Waals surface area contributed by atoms with Gasteiger partial charge >= 0.3 is 0 Å². The zero-order valence-electron chi connectivity index (χ0n) is 16.4. The molecule has 1 amide bonds. The smallest absolute Gasteiger partial charge is 0.274 e. The van der Waals surface area contributed by atoms with E-state index in [4.69, 9.17) is 0 Å². The lowest BCUT2D eigenvalue weighted by atomic mass is 10.2. The second-order valence-electron chi connectivity index (χ2n) is 7.11. The zero-order valence-corrected chi connectivity index (χ0v) is 17.2. The molecular formula is C21H21FN4O3S. The van der Waals surface area contributed by atoms with E-state index in [1.165, 1.54) is 27.3 Å². The molecule has 1 aliphatic rings. The quantitative estimate of drug-likeness (QED) is 0.640. The van der Waals surface area contributed by atoms with Gasteiger partial charge in [0.2, 0.25) is 10.0 Å². The molecule has 0 radical (unpaired) electrons. The molecule has 9 heteroatoms. The number of halogens is 1. The molecule has 1 aliphatic heterocycles. The monoisotopic (exact) mass is 428 g/mol. The second-order valence-corrected chi connectivity index (χ2v) is 9.04. The molecule has 0 bridgehead atoms. The molecule has 2 aromatic carbocycles. The van der Waals surface area contributed by atoms with Crippen LogP contribution in [0.5, 0.6) is 0 Å². The molecule has 0 unspecified atom stereocenters. The lowest BCUT2D eigenvalue weighted by Crippen LogP contribution is -2.50. The van der Waals surface area contributed by atoms with Crippen LogP contribution in [0.15, 0.2) is 65.7 Å². The number of carbonyl (C=O) groups excluding carboxylic acids is 1. The highest BCUT2D eigenvalue weighted by atomic mass is 32.2. The first-order chi connectivity index (χ1) is 14.4. The lowest BCUT2D eigenvalue weighted by molar-refractivity contribution is 0.0691. The van der Waals surface area contributed by atoms with Crippen molar-refractivity contribution < 1.29 is 17.6 Å². The van der Waals surface area contributed by atoms with E-state index < -0.39 is 15.8 Å². The molecule has 3 aromatic rings. The summed E-state index contributed by atoms with van der Waals surface area (Å²) in [6, 6.07) is 14.4. The Balaban J connectivity index is 1.44. The molecule has 0 saturated carbocycles. The fourth-order valence-electron chi connectivity index (χ4n) is 3.36. The Morgan fingerprint density at radius 1 is 0.967 bits per heavy atom. The van der Waals surface area contributed by atoms with Crippen molar-refractivity contribution >= 4 is 15.9 Å². The van der Waals surface area contributed by atoms with E-state index in [0.29, 0.717) is 0 Å². The maximum atomic E-state index is 13.9. The number of piperazine rings is 1. The highest BCUT2D eigenvalue weighted by Gasteiger charge is 2.31. The first-order valence-electron chi connectivity index (χ1n) is 9.53. The maximum Gasteiger partial charge on any atom is 0.274 e. The van der Waals surface area contributed by atoms with Gasteiger partial charge in [-0.25, -0.2) is 17.5 Å².